The number of ether oxygens (including phenoxy) is 1. The van der Waals surface area contributed by atoms with Crippen LogP contribution >= 0.6 is 22.7 Å². The fraction of sp³-hybridized carbons (Fsp3) is 0.105. The van der Waals surface area contributed by atoms with Crippen LogP contribution in [0.5, 0.6) is 5.75 Å². The number of anilines is 1. The molecule has 0 aliphatic heterocycles. The van der Waals surface area contributed by atoms with Gasteiger partial charge in [-0.1, -0.05) is 0 Å². The molecule has 0 saturated carbocycles. The SMILES string of the molecule is COc1ccc(-c2csc(NC(=O)Cc3csc(-c4ccco4)n3)n2)cc1. The molecule has 3 heterocycles. The van der Waals surface area contributed by atoms with Crippen LogP contribution in [0, 0.1) is 0 Å². The van der Waals surface area contributed by atoms with E-state index in [9.17, 15) is 4.79 Å². The molecular formula is C19H15N3O3S2. The lowest BCUT2D eigenvalue weighted by Gasteiger charge is -2.01. The van der Waals surface area contributed by atoms with Crippen molar-refractivity contribution >= 4 is 33.7 Å². The van der Waals surface area contributed by atoms with Crippen LogP contribution in [0.15, 0.2) is 57.8 Å². The number of carbonyl (C=O) groups is 1. The fourth-order valence-corrected chi connectivity index (χ4v) is 3.98. The molecule has 3 aromatic heterocycles. The molecule has 0 radical (unpaired) electrons. The number of furan rings is 1. The second kappa shape index (κ2) is 7.73. The van der Waals surface area contributed by atoms with E-state index in [4.69, 9.17) is 9.15 Å². The van der Waals surface area contributed by atoms with E-state index in [0.29, 0.717) is 16.6 Å². The van der Waals surface area contributed by atoms with Crippen molar-refractivity contribution < 1.29 is 13.9 Å². The van der Waals surface area contributed by atoms with Crippen LogP contribution in [0.4, 0.5) is 5.13 Å². The first kappa shape index (κ1) is 17.4. The Morgan fingerprint density at radius 2 is 2.00 bits per heavy atom. The lowest BCUT2D eigenvalue weighted by molar-refractivity contribution is -0.115. The molecule has 0 aliphatic rings. The summed E-state index contributed by atoms with van der Waals surface area (Å²) in [6.45, 7) is 0. The monoisotopic (exact) mass is 397 g/mol. The average Bonchev–Trinajstić information content (AvgIpc) is 3.43. The third kappa shape index (κ3) is 4.07. The first-order chi connectivity index (χ1) is 13.2. The topological polar surface area (TPSA) is 77.2 Å². The van der Waals surface area contributed by atoms with Gasteiger partial charge in [0.05, 0.1) is 31.2 Å². The van der Waals surface area contributed by atoms with Crippen LogP contribution in [-0.4, -0.2) is 23.0 Å². The number of nitrogens with zero attached hydrogens (tertiary/aromatic N) is 2. The predicted octanol–water partition coefficient (Wildman–Crippen LogP) is 4.72. The summed E-state index contributed by atoms with van der Waals surface area (Å²) >= 11 is 2.84. The molecule has 0 bridgehead atoms. The normalized spacial score (nSPS) is 10.7. The number of rotatable bonds is 6. The summed E-state index contributed by atoms with van der Waals surface area (Å²) in [7, 11) is 1.63. The van der Waals surface area contributed by atoms with Gasteiger partial charge in [0.15, 0.2) is 15.9 Å². The molecule has 8 heteroatoms. The number of amides is 1. The summed E-state index contributed by atoms with van der Waals surface area (Å²) in [5.41, 5.74) is 2.48. The molecule has 0 unspecified atom stereocenters. The van der Waals surface area contributed by atoms with Gasteiger partial charge in [0.1, 0.15) is 5.75 Å². The molecule has 0 aliphatic carbocycles. The molecule has 0 spiro atoms. The van der Waals surface area contributed by atoms with Gasteiger partial charge < -0.3 is 14.5 Å². The number of benzene rings is 1. The Morgan fingerprint density at radius 3 is 2.74 bits per heavy atom. The summed E-state index contributed by atoms with van der Waals surface area (Å²) in [5, 5.41) is 7.93. The molecule has 4 aromatic rings. The molecule has 0 atom stereocenters. The van der Waals surface area contributed by atoms with Crippen molar-refractivity contribution in [2.45, 2.75) is 6.42 Å². The molecule has 0 saturated heterocycles. The van der Waals surface area contributed by atoms with E-state index in [1.807, 2.05) is 47.2 Å². The van der Waals surface area contributed by atoms with Crippen molar-refractivity contribution in [3.63, 3.8) is 0 Å². The van der Waals surface area contributed by atoms with Crippen molar-refractivity contribution in [1.82, 2.24) is 9.97 Å². The minimum atomic E-state index is -0.151. The Hall–Kier alpha value is -2.97. The molecular weight excluding hydrogens is 382 g/mol. The number of nitrogens with one attached hydrogen (secondary N) is 1. The third-order valence-corrected chi connectivity index (χ3v) is 5.43. The molecule has 6 nitrogen and oxygen atoms in total. The molecule has 27 heavy (non-hydrogen) atoms. The quantitative estimate of drug-likeness (QED) is 0.509. The van der Waals surface area contributed by atoms with Crippen LogP contribution in [0.3, 0.4) is 0 Å². The number of hydrogen-bond acceptors (Lipinski definition) is 7. The van der Waals surface area contributed by atoms with E-state index >= 15 is 0 Å². The number of aromatic nitrogens is 2. The Kier molecular flexibility index (Phi) is 4.99. The lowest BCUT2D eigenvalue weighted by Crippen LogP contribution is -2.14. The standard InChI is InChI=1S/C19H15N3O3S2/c1-24-14-6-4-12(5-7-14)15-11-27-19(21-15)22-17(23)9-13-10-26-18(20-13)16-3-2-8-25-16/h2-8,10-11H,9H2,1H3,(H,21,22,23). The van der Waals surface area contributed by atoms with Crippen molar-refractivity contribution in [3.05, 3.63) is 59.1 Å². The van der Waals surface area contributed by atoms with Crippen LogP contribution in [0.1, 0.15) is 5.69 Å². The zero-order valence-electron chi connectivity index (χ0n) is 14.3. The van der Waals surface area contributed by atoms with Gasteiger partial charge in [0, 0.05) is 16.3 Å². The fourth-order valence-electron chi connectivity index (χ4n) is 2.46. The summed E-state index contributed by atoms with van der Waals surface area (Å²) in [6, 6.07) is 11.3. The smallest absolute Gasteiger partial charge is 0.232 e. The molecule has 0 fully saturated rings. The highest BCUT2D eigenvalue weighted by atomic mass is 32.1. The molecule has 1 aromatic carbocycles. The largest absolute Gasteiger partial charge is 0.497 e. The maximum absolute atomic E-state index is 12.3. The van der Waals surface area contributed by atoms with Gasteiger partial charge >= 0.3 is 0 Å². The van der Waals surface area contributed by atoms with Crippen molar-refractivity contribution in [2.75, 3.05) is 12.4 Å². The number of hydrogen-bond donors (Lipinski definition) is 1. The summed E-state index contributed by atoms with van der Waals surface area (Å²) < 4.78 is 10.5. The van der Waals surface area contributed by atoms with Crippen LogP contribution in [0.25, 0.3) is 22.0 Å². The summed E-state index contributed by atoms with van der Waals surface area (Å²) in [5.74, 6) is 1.34. The Balaban J connectivity index is 1.39. The van der Waals surface area contributed by atoms with Crippen LogP contribution < -0.4 is 10.1 Å². The van der Waals surface area contributed by atoms with Crippen molar-refractivity contribution in [3.8, 4) is 27.8 Å². The van der Waals surface area contributed by atoms with E-state index in [1.165, 1.54) is 22.7 Å². The van der Waals surface area contributed by atoms with E-state index < -0.39 is 0 Å². The highest BCUT2D eigenvalue weighted by Crippen LogP contribution is 2.27. The highest BCUT2D eigenvalue weighted by Gasteiger charge is 2.12. The zero-order chi connectivity index (χ0) is 18.6. The van der Waals surface area contributed by atoms with E-state index in [1.54, 1.807) is 13.4 Å². The second-order valence-corrected chi connectivity index (χ2v) is 7.33. The molecule has 1 N–H and O–H groups in total. The van der Waals surface area contributed by atoms with Gasteiger partial charge in [0.25, 0.3) is 0 Å². The van der Waals surface area contributed by atoms with Gasteiger partial charge in [-0.3, -0.25) is 4.79 Å². The van der Waals surface area contributed by atoms with Crippen LogP contribution in [-0.2, 0) is 11.2 Å². The van der Waals surface area contributed by atoms with Gasteiger partial charge in [-0.05, 0) is 36.4 Å². The van der Waals surface area contributed by atoms with Gasteiger partial charge in [-0.25, -0.2) is 9.97 Å². The Labute approximate surface area is 163 Å². The minimum Gasteiger partial charge on any atom is -0.497 e. The van der Waals surface area contributed by atoms with E-state index in [-0.39, 0.29) is 12.3 Å². The van der Waals surface area contributed by atoms with Gasteiger partial charge in [-0.2, -0.15) is 0 Å². The number of carbonyl (C=O) groups excluding carboxylic acids is 1. The molecule has 4 rings (SSSR count). The zero-order valence-corrected chi connectivity index (χ0v) is 16.0. The van der Waals surface area contributed by atoms with Crippen LogP contribution in [0.2, 0.25) is 0 Å². The van der Waals surface area contributed by atoms with Gasteiger partial charge in [0.2, 0.25) is 5.91 Å². The maximum atomic E-state index is 12.3. The molecule has 1 amide bonds. The minimum absolute atomic E-state index is 0.151. The lowest BCUT2D eigenvalue weighted by atomic mass is 10.2. The van der Waals surface area contributed by atoms with Crippen molar-refractivity contribution in [1.29, 1.82) is 0 Å². The van der Waals surface area contributed by atoms with E-state index in [0.717, 1.165) is 22.0 Å². The first-order valence-electron chi connectivity index (χ1n) is 8.09. The predicted molar refractivity (Wildman–Crippen MR) is 106 cm³/mol. The number of thiazole rings is 2. The van der Waals surface area contributed by atoms with Gasteiger partial charge in [-0.15, -0.1) is 22.7 Å². The van der Waals surface area contributed by atoms with Crippen molar-refractivity contribution in [2.24, 2.45) is 0 Å². The van der Waals surface area contributed by atoms with E-state index in [2.05, 4.69) is 15.3 Å². The second-order valence-electron chi connectivity index (χ2n) is 5.61. The first-order valence-corrected chi connectivity index (χ1v) is 9.85. The number of methoxy groups -OCH3 is 1. The summed E-state index contributed by atoms with van der Waals surface area (Å²) in [6.07, 6.45) is 1.79. The Morgan fingerprint density at radius 1 is 1.15 bits per heavy atom. The average molecular weight is 397 g/mol. The Bertz CT molecular complexity index is 1040. The maximum Gasteiger partial charge on any atom is 0.232 e. The molecule has 136 valence electrons. The summed E-state index contributed by atoms with van der Waals surface area (Å²) in [4.78, 5) is 21.2. The highest BCUT2D eigenvalue weighted by molar-refractivity contribution is 7.14. The third-order valence-electron chi connectivity index (χ3n) is 3.76.